The Labute approximate surface area is 205 Å². The van der Waals surface area contributed by atoms with Gasteiger partial charge in [0.05, 0.1) is 10.9 Å². The van der Waals surface area contributed by atoms with Crippen LogP contribution in [-0.4, -0.2) is 34.1 Å². The Morgan fingerprint density at radius 1 is 0.914 bits per heavy atom. The maximum Gasteiger partial charge on any atom is 0.328 e. The number of aryl methyl sites for hydroxylation is 1. The molecule has 5 nitrogen and oxygen atoms in total. The monoisotopic (exact) mass is 493 g/mol. The minimum atomic E-state index is -0.382. The first kappa shape index (κ1) is 23.4. The summed E-state index contributed by atoms with van der Waals surface area (Å²) in [5.41, 5.74) is 4.02. The molecule has 0 unspecified atom stereocenters. The molecule has 1 aliphatic heterocycles. The Morgan fingerprint density at radius 3 is 2.06 bits per heavy atom. The summed E-state index contributed by atoms with van der Waals surface area (Å²) >= 11 is 1.46. The molecule has 1 fully saturated rings. The van der Waals surface area contributed by atoms with Crippen LogP contribution in [0.4, 0.5) is 8.78 Å². The smallest absolute Gasteiger partial charge is 0.306 e. The van der Waals surface area contributed by atoms with Crippen molar-refractivity contribution >= 4 is 27.8 Å². The van der Waals surface area contributed by atoms with Crippen LogP contribution >= 0.6 is 11.3 Å². The lowest BCUT2D eigenvalue weighted by atomic mass is 9.88. The maximum atomic E-state index is 13.5. The molecule has 4 aromatic rings. The summed E-state index contributed by atoms with van der Waals surface area (Å²) in [6.07, 6.45) is 1.58. The normalized spacial score (nSPS) is 14.5. The fraction of sp³-hybridized carbons (Fsp3) is 0.259. The van der Waals surface area contributed by atoms with E-state index in [1.165, 1.54) is 45.7 Å². The van der Waals surface area contributed by atoms with Crippen LogP contribution in [0.25, 0.3) is 16.5 Å². The van der Waals surface area contributed by atoms with Crippen molar-refractivity contribution in [3.63, 3.8) is 0 Å². The molecule has 0 spiro atoms. The van der Waals surface area contributed by atoms with E-state index in [2.05, 4.69) is 9.88 Å². The number of nitrogens with one attached hydrogen (secondary N) is 1. The van der Waals surface area contributed by atoms with Gasteiger partial charge < -0.3 is 9.88 Å². The van der Waals surface area contributed by atoms with Gasteiger partial charge in [0.15, 0.2) is 0 Å². The van der Waals surface area contributed by atoms with Gasteiger partial charge in [-0.3, -0.25) is 9.36 Å². The van der Waals surface area contributed by atoms with Gasteiger partial charge in [-0.1, -0.05) is 29.8 Å². The van der Waals surface area contributed by atoms with E-state index in [4.69, 9.17) is 0 Å². The van der Waals surface area contributed by atoms with E-state index in [1.807, 2.05) is 6.92 Å². The minimum absolute atomic E-state index is 0.241. The van der Waals surface area contributed by atoms with Crippen LogP contribution in [0.3, 0.4) is 0 Å². The van der Waals surface area contributed by atoms with E-state index in [0.29, 0.717) is 24.0 Å². The molecule has 0 aliphatic carbocycles. The van der Waals surface area contributed by atoms with E-state index in [-0.39, 0.29) is 22.9 Å². The molecule has 0 bridgehead atoms. The van der Waals surface area contributed by atoms with E-state index in [9.17, 15) is 18.4 Å². The van der Waals surface area contributed by atoms with E-state index < -0.39 is 0 Å². The Kier molecular flexibility index (Phi) is 6.49. The number of H-pyrrole nitrogens is 1. The molecule has 2 aromatic heterocycles. The van der Waals surface area contributed by atoms with Gasteiger partial charge in [-0.25, -0.2) is 13.6 Å². The van der Waals surface area contributed by atoms with Gasteiger partial charge in [-0.15, -0.1) is 11.3 Å². The van der Waals surface area contributed by atoms with Crippen molar-refractivity contribution in [1.29, 1.82) is 0 Å². The number of piperidine rings is 1. The van der Waals surface area contributed by atoms with Gasteiger partial charge in [0.2, 0.25) is 0 Å². The number of hydrogen-bond donors (Lipinski definition) is 1. The number of nitrogens with zero attached hydrogens (tertiary/aromatic N) is 2. The van der Waals surface area contributed by atoms with Crippen molar-refractivity contribution in [3.05, 3.63) is 108 Å². The van der Waals surface area contributed by atoms with Gasteiger partial charge in [-0.2, -0.15) is 0 Å². The van der Waals surface area contributed by atoms with Crippen molar-refractivity contribution in [3.8, 4) is 0 Å². The van der Waals surface area contributed by atoms with Crippen LogP contribution in [0.2, 0.25) is 0 Å². The van der Waals surface area contributed by atoms with E-state index in [0.717, 1.165) is 47.5 Å². The summed E-state index contributed by atoms with van der Waals surface area (Å²) in [5.74, 6) is -0.596. The zero-order valence-corrected chi connectivity index (χ0v) is 20.1. The maximum absolute atomic E-state index is 13.5. The molecular formula is C27H25F2N3O2S. The largest absolute Gasteiger partial charge is 0.328 e. The highest BCUT2D eigenvalue weighted by Crippen LogP contribution is 2.32. The molecule has 180 valence electrons. The molecule has 0 radical (unpaired) electrons. The van der Waals surface area contributed by atoms with Crippen LogP contribution < -0.4 is 11.2 Å². The number of halogens is 2. The van der Waals surface area contributed by atoms with E-state index in [1.54, 1.807) is 29.6 Å². The van der Waals surface area contributed by atoms with Gasteiger partial charge in [0.1, 0.15) is 11.6 Å². The number of aromatic amines is 1. The molecular weight excluding hydrogens is 468 g/mol. The van der Waals surface area contributed by atoms with Crippen LogP contribution in [0, 0.1) is 18.6 Å². The second-order valence-corrected chi connectivity index (χ2v) is 9.89. The molecule has 1 aliphatic rings. The summed E-state index contributed by atoms with van der Waals surface area (Å²) in [5, 5.41) is 2.39. The highest BCUT2D eigenvalue weighted by molar-refractivity contribution is 7.11. The molecule has 8 heteroatoms. The third-order valence-electron chi connectivity index (χ3n) is 6.64. The lowest BCUT2D eigenvalue weighted by Crippen LogP contribution is -2.40. The molecule has 0 saturated carbocycles. The number of benzene rings is 2. The molecule has 0 amide bonds. The fourth-order valence-corrected chi connectivity index (χ4v) is 5.56. The Bertz CT molecular complexity index is 1460. The van der Waals surface area contributed by atoms with Crippen molar-refractivity contribution in [2.75, 3.05) is 19.6 Å². The summed E-state index contributed by atoms with van der Waals surface area (Å²) in [6.45, 7) is 4.34. The fourth-order valence-electron chi connectivity index (χ4n) is 4.77. The summed E-state index contributed by atoms with van der Waals surface area (Å²) in [6, 6.07) is 12.8. The van der Waals surface area contributed by atoms with Gasteiger partial charge in [0.25, 0.3) is 5.56 Å². The molecule has 0 atom stereocenters. The minimum Gasteiger partial charge on any atom is -0.306 e. The Morgan fingerprint density at radius 2 is 1.49 bits per heavy atom. The van der Waals surface area contributed by atoms with Crippen LogP contribution in [0.5, 0.6) is 0 Å². The zero-order chi connectivity index (χ0) is 24.5. The average molecular weight is 494 g/mol. The standard InChI is InChI=1S/C27H25F2N3O2S/c1-17-24-23(16-35-17)30-27(34)32(26(24)33)15-14-31-12-10-20(11-13-31)25(18-2-6-21(28)7-3-18)19-4-8-22(29)9-5-19/h2-9,16H,10-15H2,1H3,(H,30,34). The van der Waals surface area contributed by atoms with Crippen molar-refractivity contribution < 1.29 is 8.78 Å². The third kappa shape index (κ3) is 4.76. The molecule has 1 N–H and O–H groups in total. The highest BCUT2D eigenvalue weighted by atomic mass is 32.1. The third-order valence-corrected chi connectivity index (χ3v) is 7.55. The molecule has 3 heterocycles. The van der Waals surface area contributed by atoms with Crippen LogP contribution in [0.15, 0.2) is 69.1 Å². The quantitative estimate of drug-likeness (QED) is 0.429. The van der Waals surface area contributed by atoms with Gasteiger partial charge in [0, 0.05) is 36.4 Å². The van der Waals surface area contributed by atoms with E-state index >= 15 is 0 Å². The average Bonchev–Trinajstić information content (AvgIpc) is 3.22. The lowest BCUT2D eigenvalue weighted by Gasteiger charge is -2.30. The number of likely N-dealkylation sites (tertiary alicyclic amines) is 1. The SMILES string of the molecule is Cc1scc2[nH]c(=O)n(CCN3CCC(=C(c4ccc(F)cc4)c4ccc(F)cc4)CC3)c(=O)c12. The topological polar surface area (TPSA) is 58.1 Å². The Hall–Kier alpha value is -3.36. The highest BCUT2D eigenvalue weighted by Gasteiger charge is 2.20. The second-order valence-electron chi connectivity index (χ2n) is 8.80. The second kappa shape index (κ2) is 9.71. The molecule has 2 aromatic carbocycles. The Balaban J connectivity index is 1.36. The predicted molar refractivity (Wildman–Crippen MR) is 136 cm³/mol. The molecule has 5 rings (SSSR count). The number of fused-ring (bicyclic) bond motifs is 1. The van der Waals surface area contributed by atoms with Crippen molar-refractivity contribution in [1.82, 2.24) is 14.5 Å². The lowest BCUT2D eigenvalue weighted by molar-refractivity contribution is 0.245. The first-order valence-electron chi connectivity index (χ1n) is 11.6. The number of aromatic nitrogens is 2. The summed E-state index contributed by atoms with van der Waals surface area (Å²) in [4.78, 5) is 31.3. The molecule has 1 saturated heterocycles. The van der Waals surface area contributed by atoms with Gasteiger partial charge in [-0.05, 0) is 60.7 Å². The number of rotatable bonds is 5. The van der Waals surface area contributed by atoms with Crippen molar-refractivity contribution in [2.24, 2.45) is 0 Å². The summed E-state index contributed by atoms with van der Waals surface area (Å²) in [7, 11) is 0. The number of thiophene rings is 1. The predicted octanol–water partition coefficient (Wildman–Crippen LogP) is 4.94. The zero-order valence-electron chi connectivity index (χ0n) is 19.3. The first-order valence-corrected chi connectivity index (χ1v) is 12.5. The van der Waals surface area contributed by atoms with Gasteiger partial charge >= 0.3 is 5.69 Å². The van der Waals surface area contributed by atoms with Crippen molar-refractivity contribution in [2.45, 2.75) is 26.3 Å². The van der Waals surface area contributed by atoms with Crippen LogP contribution in [-0.2, 0) is 6.54 Å². The first-order chi connectivity index (χ1) is 16.9. The van der Waals surface area contributed by atoms with Crippen LogP contribution in [0.1, 0.15) is 28.8 Å². The summed E-state index contributed by atoms with van der Waals surface area (Å²) < 4.78 is 28.4. The number of hydrogen-bond acceptors (Lipinski definition) is 4. The molecule has 35 heavy (non-hydrogen) atoms.